The van der Waals surface area contributed by atoms with Gasteiger partial charge in [0.2, 0.25) is 0 Å². The first-order valence-corrected chi connectivity index (χ1v) is 11.0. The van der Waals surface area contributed by atoms with Crippen molar-refractivity contribution in [3.63, 3.8) is 0 Å². The highest BCUT2D eigenvalue weighted by Gasteiger charge is 2.27. The van der Waals surface area contributed by atoms with Crippen molar-refractivity contribution in [3.05, 3.63) is 58.2 Å². The molecule has 3 heterocycles. The Labute approximate surface area is 193 Å². The van der Waals surface area contributed by atoms with Gasteiger partial charge >= 0.3 is 6.03 Å². The number of benzene rings is 1. The fourth-order valence-electron chi connectivity index (χ4n) is 3.24. The van der Waals surface area contributed by atoms with E-state index < -0.39 is 6.03 Å². The van der Waals surface area contributed by atoms with E-state index in [1.807, 2.05) is 0 Å². The van der Waals surface area contributed by atoms with Gasteiger partial charge in [0.25, 0.3) is 0 Å². The Hall–Kier alpha value is -2.83. The first kappa shape index (κ1) is 21.4. The van der Waals surface area contributed by atoms with Gasteiger partial charge in [-0.15, -0.1) is 0 Å². The van der Waals surface area contributed by atoms with Gasteiger partial charge in [-0.2, -0.15) is 5.26 Å². The minimum absolute atomic E-state index is 0.392. The SMILES string of the molecule is N#Cc1c(N2CCOCC2)sc(NC(=O)Nc2ccccn2)c1-c1ccc(Cl)cc1Cl. The molecule has 1 aromatic carbocycles. The van der Waals surface area contributed by atoms with E-state index in [1.165, 1.54) is 11.3 Å². The molecule has 1 fully saturated rings. The quantitative estimate of drug-likeness (QED) is 0.524. The molecule has 2 N–H and O–H groups in total. The third-order valence-corrected chi connectivity index (χ3v) is 6.35. The number of urea groups is 1. The van der Waals surface area contributed by atoms with Crippen molar-refractivity contribution in [2.45, 2.75) is 0 Å². The molecule has 1 saturated heterocycles. The van der Waals surface area contributed by atoms with Crippen LogP contribution in [-0.4, -0.2) is 37.3 Å². The van der Waals surface area contributed by atoms with E-state index in [0.717, 1.165) is 5.00 Å². The number of carbonyl (C=O) groups excluding carboxylic acids is 1. The average Bonchev–Trinajstić information content (AvgIpc) is 3.13. The Morgan fingerprint density at radius 1 is 1.19 bits per heavy atom. The number of anilines is 3. The fraction of sp³-hybridized carbons (Fsp3) is 0.190. The van der Waals surface area contributed by atoms with Crippen LogP contribution < -0.4 is 15.5 Å². The predicted octanol–water partition coefficient (Wildman–Crippen LogP) is 5.47. The third-order valence-electron chi connectivity index (χ3n) is 4.63. The Kier molecular flexibility index (Phi) is 6.59. The summed E-state index contributed by atoms with van der Waals surface area (Å²) in [6.07, 6.45) is 1.59. The first-order valence-electron chi connectivity index (χ1n) is 9.41. The largest absolute Gasteiger partial charge is 0.378 e. The minimum Gasteiger partial charge on any atom is -0.378 e. The van der Waals surface area contributed by atoms with Crippen molar-refractivity contribution in [1.29, 1.82) is 5.26 Å². The molecule has 4 rings (SSSR count). The molecule has 0 aliphatic carbocycles. The summed E-state index contributed by atoms with van der Waals surface area (Å²) < 4.78 is 5.44. The van der Waals surface area contributed by atoms with Gasteiger partial charge in [0.1, 0.15) is 21.9 Å². The zero-order valence-corrected chi connectivity index (χ0v) is 18.5. The molecule has 10 heteroatoms. The molecule has 0 atom stereocenters. The number of nitriles is 1. The summed E-state index contributed by atoms with van der Waals surface area (Å²) in [5.41, 5.74) is 1.63. The van der Waals surface area contributed by atoms with Gasteiger partial charge in [0.15, 0.2) is 0 Å². The predicted molar refractivity (Wildman–Crippen MR) is 124 cm³/mol. The summed E-state index contributed by atoms with van der Waals surface area (Å²) in [5.74, 6) is 0.413. The van der Waals surface area contributed by atoms with Crippen LogP contribution >= 0.6 is 34.5 Å². The second-order valence-corrected chi connectivity index (χ2v) is 8.46. The van der Waals surface area contributed by atoms with Gasteiger partial charge in [-0.1, -0.05) is 46.7 Å². The van der Waals surface area contributed by atoms with Crippen LogP contribution in [-0.2, 0) is 4.74 Å². The van der Waals surface area contributed by atoms with Crippen LogP contribution in [0, 0.1) is 11.3 Å². The number of hydrogen-bond acceptors (Lipinski definition) is 6. The third kappa shape index (κ3) is 4.75. The van der Waals surface area contributed by atoms with E-state index in [4.69, 9.17) is 27.9 Å². The highest BCUT2D eigenvalue weighted by atomic mass is 35.5. The molecule has 0 saturated carbocycles. The maximum atomic E-state index is 12.7. The van der Waals surface area contributed by atoms with Gasteiger partial charge in [0, 0.05) is 35.4 Å². The fourth-order valence-corrected chi connectivity index (χ4v) is 4.95. The molecule has 0 bridgehead atoms. The zero-order valence-electron chi connectivity index (χ0n) is 16.2. The second kappa shape index (κ2) is 9.54. The smallest absolute Gasteiger partial charge is 0.325 e. The lowest BCUT2D eigenvalue weighted by Crippen LogP contribution is -2.36. The number of amides is 2. The number of thiophene rings is 1. The molecule has 2 aromatic heterocycles. The van der Waals surface area contributed by atoms with Crippen molar-refractivity contribution in [3.8, 4) is 17.2 Å². The van der Waals surface area contributed by atoms with Crippen LogP contribution in [0.5, 0.6) is 0 Å². The number of rotatable bonds is 4. The van der Waals surface area contributed by atoms with E-state index >= 15 is 0 Å². The molecule has 0 unspecified atom stereocenters. The van der Waals surface area contributed by atoms with Gasteiger partial charge in [-0.3, -0.25) is 10.6 Å². The topological polar surface area (TPSA) is 90.3 Å². The zero-order chi connectivity index (χ0) is 21.8. The molecule has 31 heavy (non-hydrogen) atoms. The normalized spacial score (nSPS) is 13.5. The molecule has 1 aliphatic rings. The highest BCUT2D eigenvalue weighted by Crippen LogP contribution is 2.47. The first-order chi connectivity index (χ1) is 15.1. The number of pyridine rings is 1. The monoisotopic (exact) mass is 473 g/mol. The summed E-state index contributed by atoms with van der Waals surface area (Å²) in [7, 11) is 0. The van der Waals surface area contributed by atoms with Crippen LogP contribution in [0.2, 0.25) is 10.0 Å². The summed E-state index contributed by atoms with van der Waals surface area (Å²) in [5, 5.41) is 17.7. The van der Waals surface area contributed by atoms with E-state index in [9.17, 15) is 10.1 Å². The molecule has 0 spiro atoms. The average molecular weight is 474 g/mol. The molecule has 1 aliphatic heterocycles. The number of aromatic nitrogens is 1. The Bertz CT molecular complexity index is 1140. The van der Waals surface area contributed by atoms with E-state index in [2.05, 4.69) is 26.6 Å². The molecular weight excluding hydrogens is 457 g/mol. The Balaban J connectivity index is 1.76. The summed E-state index contributed by atoms with van der Waals surface area (Å²) in [6.45, 7) is 2.45. The van der Waals surface area contributed by atoms with Crippen LogP contribution in [0.15, 0.2) is 42.6 Å². The minimum atomic E-state index is -0.468. The van der Waals surface area contributed by atoms with Gasteiger partial charge in [0.05, 0.1) is 23.8 Å². The van der Waals surface area contributed by atoms with Crippen molar-refractivity contribution in [2.75, 3.05) is 41.8 Å². The molecule has 158 valence electrons. The van der Waals surface area contributed by atoms with Crippen LogP contribution in [0.1, 0.15) is 5.56 Å². The van der Waals surface area contributed by atoms with Gasteiger partial charge in [-0.25, -0.2) is 9.78 Å². The van der Waals surface area contributed by atoms with Crippen LogP contribution in [0.4, 0.5) is 20.6 Å². The van der Waals surface area contributed by atoms with Gasteiger partial charge in [-0.05, 0) is 24.3 Å². The lowest BCUT2D eigenvalue weighted by Gasteiger charge is -2.27. The van der Waals surface area contributed by atoms with Crippen LogP contribution in [0.25, 0.3) is 11.1 Å². The number of nitrogens with one attached hydrogen (secondary N) is 2. The molecule has 7 nitrogen and oxygen atoms in total. The number of carbonyl (C=O) groups is 1. The molecule has 2 amide bonds. The second-order valence-electron chi connectivity index (χ2n) is 6.62. The number of nitrogens with zero attached hydrogens (tertiary/aromatic N) is 3. The molecular formula is C21H17Cl2N5O2S. The summed E-state index contributed by atoms with van der Waals surface area (Å²) >= 11 is 13.9. The highest BCUT2D eigenvalue weighted by molar-refractivity contribution is 7.21. The lowest BCUT2D eigenvalue weighted by molar-refractivity contribution is 0.123. The van der Waals surface area contributed by atoms with Crippen LogP contribution in [0.3, 0.4) is 0 Å². The van der Waals surface area contributed by atoms with Crippen molar-refractivity contribution in [1.82, 2.24) is 4.98 Å². The molecule has 3 aromatic rings. The Morgan fingerprint density at radius 2 is 2.00 bits per heavy atom. The van der Waals surface area contributed by atoms with E-state index in [-0.39, 0.29) is 0 Å². The van der Waals surface area contributed by atoms with Gasteiger partial charge < -0.3 is 9.64 Å². The lowest BCUT2D eigenvalue weighted by atomic mass is 10.0. The number of halogens is 2. The number of morpholine rings is 1. The number of hydrogen-bond donors (Lipinski definition) is 2. The van der Waals surface area contributed by atoms with Crippen molar-refractivity contribution < 1.29 is 9.53 Å². The van der Waals surface area contributed by atoms with E-state index in [1.54, 1.807) is 42.6 Å². The standard InChI is InChI=1S/C21H17Cl2N5O2S/c22-13-4-5-14(16(23)11-13)18-15(12-24)20(28-7-9-30-10-8-28)31-19(18)27-21(29)26-17-3-1-2-6-25-17/h1-6,11H,7-10H2,(H2,25,26,27,29). The Morgan fingerprint density at radius 3 is 2.68 bits per heavy atom. The molecule has 0 radical (unpaired) electrons. The summed E-state index contributed by atoms with van der Waals surface area (Å²) in [6, 6.07) is 12.1. The van der Waals surface area contributed by atoms with E-state index in [0.29, 0.717) is 63.9 Å². The number of ether oxygens (including phenoxy) is 1. The summed E-state index contributed by atoms with van der Waals surface area (Å²) in [4.78, 5) is 18.8. The maximum Gasteiger partial charge on any atom is 0.325 e. The van der Waals surface area contributed by atoms with Crippen molar-refractivity contribution >= 4 is 56.4 Å². The maximum absolute atomic E-state index is 12.7. The van der Waals surface area contributed by atoms with Crippen molar-refractivity contribution in [2.24, 2.45) is 0 Å².